The number of hydrogen-bond donors (Lipinski definition) is 3. The van der Waals surface area contributed by atoms with Crippen LogP contribution in [0.15, 0.2) is 53.2 Å². The van der Waals surface area contributed by atoms with Crippen LogP contribution >= 0.6 is 0 Å². The first-order valence-electron chi connectivity index (χ1n) is 11.7. The van der Waals surface area contributed by atoms with E-state index in [1.807, 2.05) is 6.20 Å². The van der Waals surface area contributed by atoms with Crippen LogP contribution in [-0.2, 0) is 11.3 Å². The Labute approximate surface area is 196 Å². The van der Waals surface area contributed by atoms with Crippen molar-refractivity contribution in [1.82, 2.24) is 35.6 Å². The van der Waals surface area contributed by atoms with Gasteiger partial charge in [-0.05, 0) is 54.9 Å². The number of fused-ring (bicyclic) bond motifs is 2. The fourth-order valence-corrected chi connectivity index (χ4v) is 4.60. The summed E-state index contributed by atoms with van der Waals surface area (Å²) < 4.78 is 11.4. The Kier molecular flexibility index (Phi) is 5.80. The van der Waals surface area contributed by atoms with Crippen LogP contribution in [0.2, 0.25) is 0 Å². The van der Waals surface area contributed by atoms with Crippen LogP contribution in [0, 0.1) is 0 Å². The molecule has 0 spiro atoms. The van der Waals surface area contributed by atoms with Crippen molar-refractivity contribution in [2.45, 2.75) is 13.0 Å². The highest BCUT2D eigenvalue weighted by Crippen LogP contribution is 2.35. The molecule has 174 valence electrons. The Bertz CT molecular complexity index is 1400. The highest BCUT2D eigenvalue weighted by atomic mass is 16.5. The van der Waals surface area contributed by atoms with Crippen molar-refractivity contribution in [3.63, 3.8) is 0 Å². The minimum Gasteiger partial charge on any atom is -0.419 e. The van der Waals surface area contributed by atoms with E-state index in [9.17, 15) is 0 Å². The molecule has 9 heteroatoms. The SMILES string of the molecule is c1cc(-c2cc(-c3nnc(CNCCCN4CCOCC4)o3)c3cn[nH]c3c2)c2cc[nH]c2c1. The van der Waals surface area contributed by atoms with Crippen LogP contribution in [0.25, 0.3) is 44.4 Å². The predicted octanol–water partition coefficient (Wildman–Crippen LogP) is 3.57. The van der Waals surface area contributed by atoms with Crippen LogP contribution in [0.4, 0.5) is 0 Å². The fraction of sp³-hybridized carbons (Fsp3) is 0.320. The lowest BCUT2D eigenvalue weighted by Gasteiger charge is -2.26. The Hall–Kier alpha value is -3.53. The Morgan fingerprint density at radius 3 is 2.88 bits per heavy atom. The van der Waals surface area contributed by atoms with E-state index in [0.717, 1.165) is 78.9 Å². The zero-order valence-corrected chi connectivity index (χ0v) is 18.9. The third-order valence-corrected chi connectivity index (χ3v) is 6.37. The number of nitrogens with one attached hydrogen (secondary N) is 3. The molecule has 3 N–H and O–H groups in total. The molecule has 6 rings (SSSR count). The van der Waals surface area contributed by atoms with Crippen molar-refractivity contribution in [2.75, 3.05) is 39.4 Å². The van der Waals surface area contributed by atoms with Gasteiger partial charge in [0, 0.05) is 35.6 Å². The molecule has 0 atom stereocenters. The number of morpholine rings is 1. The normalized spacial score (nSPS) is 14.9. The number of aromatic amines is 2. The van der Waals surface area contributed by atoms with Crippen molar-refractivity contribution in [3.05, 3.63) is 54.7 Å². The lowest BCUT2D eigenvalue weighted by Crippen LogP contribution is -2.37. The second-order valence-corrected chi connectivity index (χ2v) is 8.58. The summed E-state index contributed by atoms with van der Waals surface area (Å²) in [7, 11) is 0. The van der Waals surface area contributed by atoms with Gasteiger partial charge in [-0.2, -0.15) is 5.10 Å². The molecule has 1 aliphatic heterocycles. The number of ether oxygens (including phenoxy) is 1. The van der Waals surface area contributed by atoms with E-state index < -0.39 is 0 Å². The monoisotopic (exact) mass is 457 g/mol. The van der Waals surface area contributed by atoms with Gasteiger partial charge >= 0.3 is 0 Å². The third kappa shape index (κ3) is 4.21. The summed E-state index contributed by atoms with van der Waals surface area (Å²) in [5.74, 6) is 1.08. The number of aromatic nitrogens is 5. The smallest absolute Gasteiger partial charge is 0.248 e. The Balaban J connectivity index is 1.19. The quantitative estimate of drug-likeness (QED) is 0.306. The van der Waals surface area contributed by atoms with E-state index in [4.69, 9.17) is 9.15 Å². The number of benzene rings is 2. The maximum atomic E-state index is 6.05. The van der Waals surface area contributed by atoms with Gasteiger partial charge in [-0.15, -0.1) is 10.2 Å². The van der Waals surface area contributed by atoms with E-state index in [1.165, 1.54) is 5.39 Å². The summed E-state index contributed by atoms with van der Waals surface area (Å²) in [6, 6.07) is 12.6. The molecule has 4 heterocycles. The van der Waals surface area contributed by atoms with Crippen LogP contribution in [-0.4, -0.2) is 69.7 Å². The van der Waals surface area contributed by atoms with Crippen LogP contribution in [0.3, 0.4) is 0 Å². The third-order valence-electron chi connectivity index (χ3n) is 6.37. The standard InChI is InChI=1S/C25H27N7O2/c1-3-18(19-5-7-27-22(19)4-1)17-13-20(21-15-28-29-23(21)14-17)25-31-30-24(34-25)16-26-6-2-8-32-9-11-33-12-10-32/h1,3-5,7,13-15,26-27H,2,6,8-12,16H2,(H,28,29). The van der Waals surface area contributed by atoms with Gasteiger partial charge in [0.2, 0.25) is 11.8 Å². The van der Waals surface area contributed by atoms with Gasteiger partial charge in [0.05, 0.1) is 37.0 Å². The average molecular weight is 458 g/mol. The molecule has 0 saturated carbocycles. The molecular weight excluding hydrogens is 430 g/mol. The number of nitrogens with zero attached hydrogens (tertiary/aromatic N) is 4. The fourth-order valence-electron chi connectivity index (χ4n) is 4.60. The molecule has 0 aliphatic carbocycles. The highest BCUT2D eigenvalue weighted by Gasteiger charge is 2.16. The van der Waals surface area contributed by atoms with Gasteiger partial charge in [0.1, 0.15) is 0 Å². The van der Waals surface area contributed by atoms with Crippen LogP contribution in [0.5, 0.6) is 0 Å². The minimum atomic E-state index is 0.500. The topological polar surface area (TPSA) is 108 Å². The maximum Gasteiger partial charge on any atom is 0.248 e. The summed E-state index contributed by atoms with van der Waals surface area (Å²) in [5.41, 5.74) is 5.11. The molecule has 0 radical (unpaired) electrons. The molecule has 5 aromatic rings. The van der Waals surface area contributed by atoms with Crippen LogP contribution < -0.4 is 5.32 Å². The van der Waals surface area contributed by atoms with Crippen molar-refractivity contribution in [3.8, 4) is 22.6 Å². The largest absolute Gasteiger partial charge is 0.419 e. The van der Waals surface area contributed by atoms with E-state index in [1.54, 1.807) is 6.20 Å². The summed E-state index contributed by atoms with van der Waals surface area (Å²) >= 11 is 0. The molecular formula is C25H27N7O2. The summed E-state index contributed by atoms with van der Waals surface area (Å²) in [6.07, 6.45) is 4.84. The van der Waals surface area contributed by atoms with E-state index in [2.05, 4.69) is 72.0 Å². The summed E-state index contributed by atoms with van der Waals surface area (Å²) in [5, 5.41) is 21.5. The molecule has 34 heavy (non-hydrogen) atoms. The Morgan fingerprint density at radius 1 is 1.00 bits per heavy atom. The molecule has 1 saturated heterocycles. The first-order chi connectivity index (χ1) is 16.8. The molecule has 0 bridgehead atoms. The van der Waals surface area contributed by atoms with Gasteiger partial charge < -0.3 is 19.5 Å². The second kappa shape index (κ2) is 9.38. The van der Waals surface area contributed by atoms with Gasteiger partial charge in [-0.3, -0.25) is 10.00 Å². The van der Waals surface area contributed by atoms with E-state index in [0.29, 0.717) is 18.3 Å². The number of H-pyrrole nitrogens is 2. The molecule has 0 unspecified atom stereocenters. The maximum absolute atomic E-state index is 6.05. The average Bonchev–Trinajstić information content (AvgIpc) is 3.64. The lowest BCUT2D eigenvalue weighted by molar-refractivity contribution is 0.0374. The van der Waals surface area contributed by atoms with Crippen molar-refractivity contribution in [1.29, 1.82) is 0 Å². The molecule has 2 aromatic carbocycles. The van der Waals surface area contributed by atoms with Gasteiger partial charge in [0.15, 0.2) is 0 Å². The van der Waals surface area contributed by atoms with Crippen molar-refractivity contribution < 1.29 is 9.15 Å². The molecule has 9 nitrogen and oxygen atoms in total. The number of rotatable bonds is 8. The predicted molar refractivity (Wildman–Crippen MR) is 130 cm³/mol. The molecule has 0 amide bonds. The van der Waals surface area contributed by atoms with Gasteiger partial charge in [0.25, 0.3) is 0 Å². The Morgan fingerprint density at radius 2 is 1.94 bits per heavy atom. The van der Waals surface area contributed by atoms with Crippen molar-refractivity contribution in [2.24, 2.45) is 0 Å². The first kappa shape index (κ1) is 21.0. The van der Waals surface area contributed by atoms with Gasteiger partial charge in [-0.25, -0.2) is 0 Å². The zero-order chi connectivity index (χ0) is 22.7. The summed E-state index contributed by atoms with van der Waals surface area (Å²) in [4.78, 5) is 5.72. The number of hydrogen-bond acceptors (Lipinski definition) is 7. The molecule has 3 aromatic heterocycles. The van der Waals surface area contributed by atoms with E-state index in [-0.39, 0.29) is 0 Å². The van der Waals surface area contributed by atoms with Gasteiger partial charge in [-0.1, -0.05) is 12.1 Å². The second-order valence-electron chi connectivity index (χ2n) is 8.58. The summed E-state index contributed by atoms with van der Waals surface area (Å²) in [6.45, 7) is 6.24. The van der Waals surface area contributed by atoms with E-state index >= 15 is 0 Å². The van der Waals surface area contributed by atoms with Crippen LogP contribution in [0.1, 0.15) is 12.3 Å². The first-order valence-corrected chi connectivity index (χ1v) is 11.7. The van der Waals surface area contributed by atoms with Crippen molar-refractivity contribution >= 4 is 21.8 Å². The highest BCUT2D eigenvalue weighted by molar-refractivity contribution is 6.01. The zero-order valence-electron chi connectivity index (χ0n) is 18.9. The molecule has 1 fully saturated rings. The minimum absolute atomic E-state index is 0.500. The molecule has 1 aliphatic rings. The lowest BCUT2D eigenvalue weighted by atomic mass is 9.98.